The Kier molecular flexibility index (Phi) is 4.04. The average Bonchev–Trinajstić information content (AvgIpc) is 2.66. The van der Waals surface area contributed by atoms with E-state index in [0.717, 1.165) is 0 Å². The molecule has 0 amide bonds. The van der Waals surface area contributed by atoms with E-state index in [1.54, 1.807) is 0 Å². The molecule has 5 heteroatoms. The molecule has 0 saturated carbocycles. The molecule has 0 aromatic carbocycles. The van der Waals surface area contributed by atoms with E-state index in [0.29, 0.717) is 18.3 Å². The topological polar surface area (TPSA) is 62.4 Å². The third-order valence-electron chi connectivity index (χ3n) is 2.78. The molecule has 0 bridgehead atoms. The summed E-state index contributed by atoms with van der Waals surface area (Å²) in [6.45, 7) is 8.63. The molecule has 0 unspecified atom stereocenters. The number of hydrogen-bond donors (Lipinski definition) is 1. The van der Waals surface area contributed by atoms with Gasteiger partial charge in [0.15, 0.2) is 5.82 Å². The van der Waals surface area contributed by atoms with Crippen molar-refractivity contribution in [3.63, 3.8) is 0 Å². The van der Waals surface area contributed by atoms with Gasteiger partial charge in [-0.15, -0.1) is 0 Å². The number of aliphatic hydroxyl groups is 1. The first-order valence-electron chi connectivity index (χ1n) is 5.51. The highest BCUT2D eigenvalue weighted by Gasteiger charge is 2.24. The number of hydrogen-bond acceptors (Lipinski definition) is 5. The van der Waals surface area contributed by atoms with Crippen LogP contribution in [0.5, 0.6) is 0 Å². The third-order valence-corrected chi connectivity index (χ3v) is 2.78. The maximum absolute atomic E-state index is 9.23. The van der Waals surface area contributed by atoms with E-state index in [9.17, 15) is 5.11 Å². The molecule has 5 nitrogen and oxygen atoms in total. The van der Waals surface area contributed by atoms with Gasteiger partial charge in [-0.2, -0.15) is 4.98 Å². The van der Waals surface area contributed by atoms with Crippen LogP contribution in [0.3, 0.4) is 0 Å². The zero-order valence-electron chi connectivity index (χ0n) is 10.7. The Bertz CT molecular complexity index is 334. The Morgan fingerprint density at radius 1 is 1.44 bits per heavy atom. The van der Waals surface area contributed by atoms with Gasteiger partial charge in [-0.05, 0) is 20.9 Å². The van der Waals surface area contributed by atoms with Gasteiger partial charge >= 0.3 is 0 Å². The maximum atomic E-state index is 9.23. The quantitative estimate of drug-likeness (QED) is 0.823. The van der Waals surface area contributed by atoms with Crippen LogP contribution in [0.15, 0.2) is 4.52 Å². The summed E-state index contributed by atoms with van der Waals surface area (Å²) in [6.07, 6.45) is 0. The maximum Gasteiger partial charge on any atom is 0.229 e. The molecule has 16 heavy (non-hydrogen) atoms. The van der Waals surface area contributed by atoms with Crippen LogP contribution in [0.1, 0.15) is 45.3 Å². The second kappa shape index (κ2) is 4.93. The van der Waals surface area contributed by atoms with E-state index in [2.05, 4.69) is 10.1 Å². The summed E-state index contributed by atoms with van der Waals surface area (Å²) >= 11 is 0. The predicted octanol–water partition coefficient (Wildman–Crippen LogP) is 1.40. The average molecular weight is 227 g/mol. The highest BCUT2D eigenvalue weighted by molar-refractivity contribution is 4.92. The van der Waals surface area contributed by atoms with Gasteiger partial charge < -0.3 is 9.63 Å². The molecule has 0 aliphatic carbocycles. The molecular formula is C11H21N3O2. The SMILES string of the molecule is CC(C)c1nc(CN(C)C(C)(C)CO)no1. The Morgan fingerprint density at radius 2 is 2.06 bits per heavy atom. The number of nitrogens with zero attached hydrogens (tertiary/aromatic N) is 3. The molecular weight excluding hydrogens is 206 g/mol. The largest absolute Gasteiger partial charge is 0.394 e. The van der Waals surface area contributed by atoms with Gasteiger partial charge in [0.25, 0.3) is 0 Å². The first-order chi connectivity index (χ1) is 7.36. The van der Waals surface area contributed by atoms with Crippen LogP contribution in [0.4, 0.5) is 0 Å². The van der Waals surface area contributed by atoms with Crippen molar-refractivity contribution < 1.29 is 9.63 Å². The molecule has 0 aliphatic heterocycles. The summed E-state index contributed by atoms with van der Waals surface area (Å²) in [5.74, 6) is 1.57. The molecule has 92 valence electrons. The van der Waals surface area contributed by atoms with Crippen LogP contribution < -0.4 is 0 Å². The Morgan fingerprint density at radius 3 is 2.50 bits per heavy atom. The zero-order valence-corrected chi connectivity index (χ0v) is 10.7. The van der Waals surface area contributed by atoms with Gasteiger partial charge in [0, 0.05) is 11.5 Å². The van der Waals surface area contributed by atoms with Crippen molar-refractivity contribution in [1.29, 1.82) is 0 Å². The predicted molar refractivity (Wildman–Crippen MR) is 61.0 cm³/mol. The Hall–Kier alpha value is -0.940. The fraction of sp³-hybridized carbons (Fsp3) is 0.818. The van der Waals surface area contributed by atoms with Crippen LogP contribution in [0, 0.1) is 0 Å². The van der Waals surface area contributed by atoms with Crippen LogP contribution in [0.25, 0.3) is 0 Å². The van der Waals surface area contributed by atoms with Crippen LogP contribution in [-0.2, 0) is 6.54 Å². The fourth-order valence-electron chi connectivity index (χ4n) is 1.11. The summed E-state index contributed by atoms with van der Waals surface area (Å²) in [5.41, 5.74) is -0.279. The van der Waals surface area contributed by atoms with Gasteiger partial charge in [0.2, 0.25) is 5.89 Å². The molecule has 0 spiro atoms. The van der Waals surface area contributed by atoms with E-state index in [-0.39, 0.29) is 18.1 Å². The zero-order chi connectivity index (χ0) is 12.3. The second-order valence-electron chi connectivity index (χ2n) is 5.03. The van der Waals surface area contributed by atoms with Crippen LogP contribution >= 0.6 is 0 Å². The van der Waals surface area contributed by atoms with Crippen LogP contribution in [-0.4, -0.2) is 39.3 Å². The summed E-state index contributed by atoms with van der Waals surface area (Å²) in [4.78, 5) is 6.30. The molecule has 0 radical (unpaired) electrons. The summed E-state index contributed by atoms with van der Waals surface area (Å²) < 4.78 is 5.12. The summed E-state index contributed by atoms with van der Waals surface area (Å²) in [5, 5.41) is 13.1. The van der Waals surface area contributed by atoms with Crippen molar-refractivity contribution in [2.45, 2.75) is 45.7 Å². The number of likely N-dealkylation sites (N-methyl/N-ethyl adjacent to an activating group) is 1. The van der Waals surface area contributed by atoms with E-state index >= 15 is 0 Å². The van der Waals surface area contributed by atoms with E-state index in [1.807, 2.05) is 39.6 Å². The van der Waals surface area contributed by atoms with Crippen LogP contribution in [0.2, 0.25) is 0 Å². The van der Waals surface area contributed by atoms with Gasteiger partial charge in [-0.1, -0.05) is 19.0 Å². The summed E-state index contributed by atoms with van der Waals surface area (Å²) in [7, 11) is 1.93. The van der Waals surface area contributed by atoms with Gasteiger partial charge in [-0.25, -0.2) is 0 Å². The van der Waals surface area contributed by atoms with E-state index in [4.69, 9.17) is 4.52 Å². The lowest BCUT2D eigenvalue weighted by atomic mass is 10.1. The molecule has 0 atom stereocenters. The lowest BCUT2D eigenvalue weighted by Gasteiger charge is -2.32. The first-order valence-corrected chi connectivity index (χ1v) is 5.51. The molecule has 0 aliphatic rings. The molecule has 0 fully saturated rings. The minimum atomic E-state index is -0.279. The molecule has 0 saturated heterocycles. The van der Waals surface area contributed by atoms with Gasteiger partial charge in [-0.3, -0.25) is 4.90 Å². The van der Waals surface area contributed by atoms with E-state index in [1.165, 1.54) is 0 Å². The first kappa shape index (κ1) is 13.1. The highest BCUT2D eigenvalue weighted by atomic mass is 16.5. The lowest BCUT2D eigenvalue weighted by Crippen LogP contribution is -2.43. The Labute approximate surface area is 96.5 Å². The minimum Gasteiger partial charge on any atom is -0.394 e. The number of aromatic nitrogens is 2. The van der Waals surface area contributed by atoms with E-state index < -0.39 is 0 Å². The number of aliphatic hydroxyl groups excluding tert-OH is 1. The minimum absolute atomic E-state index is 0.0956. The van der Waals surface area contributed by atoms with Crippen molar-refractivity contribution in [1.82, 2.24) is 15.0 Å². The lowest BCUT2D eigenvalue weighted by molar-refractivity contribution is 0.0708. The smallest absolute Gasteiger partial charge is 0.229 e. The monoisotopic (exact) mass is 227 g/mol. The van der Waals surface area contributed by atoms with Gasteiger partial charge in [0.05, 0.1) is 13.2 Å². The molecule has 1 heterocycles. The molecule has 1 N–H and O–H groups in total. The van der Waals surface area contributed by atoms with Crippen molar-refractivity contribution in [2.24, 2.45) is 0 Å². The third kappa shape index (κ3) is 3.02. The van der Waals surface area contributed by atoms with Gasteiger partial charge in [0.1, 0.15) is 0 Å². The van der Waals surface area contributed by atoms with Crippen molar-refractivity contribution in [2.75, 3.05) is 13.7 Å². The van der Waals surface area contributed by atoms with Crippen molar-refractivity contribution >= 4 is 0 Å². The number of rotatable bonds is 5. The molecule has 1 rings (SSSR count). The molecule has 1 aromatic rings. The van der Waals surface area contributed by atoms with Crippen molar-refractivity contribution in [3.05, 3.63) is 11.7 Å². The second-order valence-corrected chi connectivity index (χ2v) is 5.03. The standard InChI is InChI=1S/C11H21N3O2/c1-8(2)10-12-9(13-16-10)6-14(5)11(3,4)7-15/h8,15H,6-7H2,1-5H3. The fourth-order valence-corrected chi connectivity index (χ4v) is 1.11. The molecule has 1 aromatic heterocycles. The highest BCUT2D eigenvalue weighted by Crippen LogP contribution is 2.15. The Balaban J connectivity index is 2.66. The summed E-state index contributed by atoms with van der Waals surface area (Å²) in [6, 6.07) is 0. The van der Waals surface area contributed by atoms with Crippen molar-refractivity contribution in [3.8, 4) is 0 Å². The normalized spacial score (nSPS) is 12.8.